The van der Waals surface area contributed by atoms with E-state index in [4.69, 9.17) is 23.1 Å². The van der Waals surface area contributed by atoms with Crippen molar-refractivity contribution in [3.05, 3.63) is 88.8 Å². The normalized spacial score (nSPS) is 14.4. The maximum atomic E-state index is 14.2. The van der Waals surface area contributed by atoms with Crippen LogP contribution in [0.3, 0.4) is 0 Å². The average molecular weight is 1140 g/mol. The third kappa shape index (κ3) is 20.1. The van der Waals surface area contributed by atoms with Gasteiger partial charge in [0.15, 0.2) is 0 Å². The molecule has 0 unspecified atom stereocenters. The molecule has 0 aliphatic rings. The molecule has 0 bridgehead atoms. The van der Waals surface area contributed by atoms with E-state index in [-0.39, 0.29) is 60.9 Å². The predicted molar refractivity (Wildman–Crippen MR) is 294 cm³/mol. The number of benzene rings is 2. The van der Waals surface area contributed by atoms with Gasteiger partial charge >= 0.3 is 0 Å². The van der Waals surface area contributed by atoms with Crippen LogP contribution in [-0.4, -0.2) is 134 Å². The van der Waals surface area contributed by atoms with Crippen molar-refractivity contribution in [3.63, 3.8) is 0 Å². The highest BCUT2D eigenvalue weighted by Gasteiger charge is 2.34. The van der Waals surface area contributed by atoms with Gasteiger partial charge in [-0.25, -0.2) is 9.37 Å². The number of nitrogens with one attached hydrogen (secondary N) is 9. The molecule has 0 saturated carbocycles. The summed E-state index contributed by atoms with van der Waals surface area (Å²) in [6.45, 7) is 11.3. The zero-order valence-corrected chi connectivity index (χ0v) is 46.9. The number of amides is 10. The smallest absolute Gasteiger partial charge is 0.251 e. The van der Waals surface area contributed by atoms with E-state index in [0.29, 0.717) is 16.6 Å². The number of rotatable bonds is 31. The number of aromatic amines is 1. The highest BCUT2D eigenvalue weighted by molar-refractivity contribution is 6.31. The average Bonchev–Trinajstić information content (AvgIpc) is 3.99. The molecule has 436 valence electrons. The number of H-pyrrole nitrogens is 1. The summed E-state index contributed by atoms with van der Waals surface area (Å²) in [6.07, 6.45) is 2.37. The number of hydrogen-bond donors (Lipinski definition) is 12. The van der Waals surface area contributed by atoms with Gasteiger partial charge in [-0.3, -0.25) is 47.9 Å². The summed E-state index contributed by atoms with van der Waals surface area (Å²) < 4.78 is 15.5. The quantitative estimate of drug-likeness (QED) is 0.0329. The maximum Gasteiger partial charge on any atom is 0.251 e. The molecule has 10 amide bonds. The number of halogens is 2. The number of imidazole rings is 1. The van der Waals surface area contributed by atoms with Crippen molar-refractivity contribution >= 4 is 81.6 Å². The number of hydrogen-bond acceptors (Lipinski definition) is 12. The second-order valence-electron chi connectivity index (χ2n) is 21.0. The number of carbonyl (C=O) groups excluding carboxylic acids is 10. The molecule has 0 fully saturated rings. The number of fused-ring (bicyclic) bond motifs is 1. The summed E-state index contributed by atoms with van der Waals surface area (Å²) in [6, 6.07) is 1.61. The zero-order valence-electron chi connectivity index (χ0n) is 46.1. The largest absolute Gasteiger partial charge is 0.390 e. The van der Waals surface area contributed by atoms with Gasteiger partial charge in [-0.05, 0) is 73.8 Å². The fourth-order valence-electron chi connectivity index (χ4n) is 8.56. The molecule has 0 aliphatic heterocycles. The Bertz CT molecular complexity index is 2860. The number of aromatic nitrogens is 3. The highest BCUT2D eigenvalue weighted by Crippen LogP contribution is 2.21. The first-order chi connectivity index (χ1) is 37.6. The molecule has 0 spiro atoms. The van der Waals surface area contributed by atoms with Crippen LogP contribution in [-0.2, 0) is 63.0 Å². The van der Waals surface area contributed by atoms with E-state index in [2.05, 4.69) is 52.5 Å². The van der Waals surface area contributed by atoms with Gasteiger partial charge in [0, 0.05) is 60.9 Å². The topological polar surface area (TPSA) is 373 Å². The van der Waals surface area contributed by atoms with Crippen molar-refractivity contribution in [1.82, 2.24) is 57.1 Å². The molecule has 14 N–H and O–H groups in total. The van der Waals surface area contributed by atoms with Crippen LogP contribution in [0.2, 0.25) is 5.02 Å². The summed E-state index contributed by atoms with van der Waals surface area (Å²) in [5.41, 5.74) is 12.6. The Morgan fingerprint density at radius 1 is 0.725 bits per heavy atom. The van der Waals surface area contributed by atoms with Crippen molar-refractivity contribution in [2.45, 2.75) is 142 Å². The lowest BCUT2D eigenvalue weighted by molar-refractivity contribution is -0.134. The number of nitrogens with two attached hydrogens (primary N) is 2. The van der Waals surface area contributed by atoms with Crippen molar-refractivity contribution < 1.29 is 57.4 Å². The third-order valence-electron chi connectivity index (χ3n) is 12.9. The Balaban J connectivity index is 1.46. The first kappa shape index (κ1) is 64.6. The van der Waals surface area contributed by atoms with Crippen molar-refractivity contribution in [1.29, 1.82) is 0 Å². The zero-order chi connectivity index (χ0) is 59.5. The lowest BCUT2D eigenvalue weighted by Crippen LogP contribution is -2.59. The van der Waals surface area contributed by atoms with Gasteiger partial charge in [0.25, 0.3) is 5.91 Å². The molecular weight excluding hydrogens is 1060 g/mol. The van der Waals surface area contributed by atoms with Gasteiger partial charge in [0.05, 0.1) is 36.5 Å². The number of carbonyl (C=O) groups is 10. The number of primary amides is 2. The van der Waals surface area contributed by atoms with Gasteiger partial charge < -0.3 is 68.7 Å². The molecule has 0 aliphatic carbocycles. The van der Waals surface area contributed by atoms with Crippen LogP contribution in [0.15, 0.2) is 61.2 Å². The fraction of sp³-hybridized carbons (Fsp3) is 0.500. The van der Waals surface area contributed by atoms with Crippen LogP contribution in [0.5, 0.6) is 0 Å². The molecule has 0 radical (unpaired) electrons. The molecule has 0 saturated heterocycles. The van der Waals surface area contributed by atoms with Gasteiger partial charge in [-0.1, -0.05) is 71.3 Å². The second-order valence-corrected chi connectivity index (χ2v) is 21.4. The number of aryl methyl sites for hydroxylation is 1. The second kappa shape index (κ2) is 30.4. The van der Waals surface area contributed by atoms with Gasteiger partial charge in [0.2, 0.25) is 53.2 Å². The Morgan fingerprint density at radius 3 is 1.98 bits per heavy atom. The minimum atomic E-state index is -1.44. The third-order valence-corrected chi connectivity index (χ3v) is 13.2. The summed E-state index contributed by atoms with van der Waals surface area (Å²) in [5, 5.41) is 32.4. The van der Waals surface area contributed by atoms with E-state index >= 15 is 0 Å². The van der Waals surface area contributed by atoms with Crippen molar-refractivity contribution in [2.75, 3.05) is 6.54 Å². The van der Waals surface area contributed by atoms with Crippen molar-refractivity contribution in [3.8, 4) is 0 Å². The molecule has 26 heteroatoms. The monoisotopic (exact) mass is 1130 g/mol. The minimum absolute atomic E-state index is 0.0285. The van der Waals surface area contributed by atoms with E-state index in [0.717, 1.165) is 23.7 Å². The fourth-order valence-corrected chi connectivity index (χ4v) is 8.74. The molecular formula is C54H75ClFN13O11. The van der Waals surface area contributed by atoms with E-state index in [1.165, 1.54) is 19.4 Å². The van der Waals surface area contributed by atoms with E-state index < -0.39 is 132 Å². The number of aliphatic hydroxyl groups is 1. The van der Waals surface area contributed by atoms with Gasteiger partial charge in [-0.2, -0.15) is 0 Å². The number of para-hydroxylation sites is 1. The molecule has 4 aromatic rings. The van der Waals surface area contributed by atoms with Crippen LogP contribution in [0.4, 0.5) is 4.39 Å². The van der Waals surface area contributed by atoms with E-state index in [1.807, 2.05) is 27.7 Å². The molecule has 2 aromatic carbocycles. The lowest BCUT2D eigenvalue weighted by atomic mass is 9.96. The standard InChI is InChI=1S/C54H75ClFN13O11/c1-27(2)17-39(43(70)22-45(72)63-40(48(58)74)18-28(3)4)66-53(79)42(21-33-24-59-26-69(33)8)64-46(73)25-61-54(80)47(29(5)6)68-49(75)30(7)62-52(78)41(20-32-23-60-37-12-10-9-11-34(32)37)67-51(77)38(15-16-44(57)71)65-50(76)31-13-14-36(56)35(55)19-31/h9-14,19,23-24,26-30,38-43,47,60,70H,15-18,20-22,25H2,1-8H3,(H2,57,71)(H2,58,74)(H,61,80)(H,62,78)(H,63,72)(H,64,73)(H,65,76)(H,66,79)(H,67,77)(H,68,75)/t30-,38-,39-,40-,41-,42-,43-,47-/m0/s1/i56-1. The molecule has 80 heavy (non-hydrogen) atoms. The van der Waals surface area contributed by atoms with Gasteiger partial charge in [-0.15, -0.1) is 0 Å². The summed E-state index contributed by atoms with van der Waals surface area (Å²) in [7, 11) is 1.68. The van der Waals surface area contributed by atoms with Crippen molar-refractivity contribution in [2.24, 2.45) is 36.3 Å². The SMILES string of the molecule is CC(C)C[C@H](NC(=O)C[C@H](O)[C@H](CC(C)C)NC(=O)[C@H](Cc1cncn1C)NC(=O)CNC(=O)[C@@H](NC(=O)[C@H](C)NC(=O)[C@H](Cc1c[nH]c2ccccc12)NC(=O)[C@H](CCC(N)=O)NC(=O)c1ccc([18F])c(Cl)c1)C(C)C)C(N)=O. The molecule has 4 rings (SSSR count). The van der Waals surface area contributed by atoms with Crippen LogP contribution in [0.25, 0.3) is 10.9 Å². The van der Waals surface area contributed by atoms with Crippen LogP contribution in [0, 0.1) is 23.6 Å². The van der Waals surface area contributed by atoms with E-state index in [9.17, 15) is 57.4 Å². The highest BCUT2D eigenvalue weighted by atomic mass is 35.5. The lowest BCUT2D eigenvalue weighted by Gasteiger charge is -2.28. The summed E-state index contributed by atoms with van der Waals surface area (Å²) in [5.74, 6) is -9.35. The Labute approximate surface area is 468 Å². The van der Waals surface area contributed by atoms with Gasteiger partial charge in [0.1, 0.15) is 42.1 Å². The Morgan fingerprint density at radius 2 is 1.36 bits per heavy atom. The summed E-state index contributed by atoms with van der Waals surface area (Å²) in [4.78, 5) is 141. The van der Waals surface area contributed by atoms with Crippen LogP contribution >= 0.6 is 11.6 Å². The molecule has 24 nitrogen and oxygen atoms in total. The Kier molecular flexibility index (Phi) is 24.6. The number of nitrogens with zero attached hydrogens (tertiary/aromatic N) is 2. The first-order valence-electron chi connectivity index (χ1n) is 26.2. The van der Waals surface area contributed by atoms with E-state index in [1.54, 1.807) is 55.9 Å². The minimum Gasteiger partial charge on any atom is -0.390 e. The van der Waals surface area contributed by atoms with Crippen LogP contribution < -0.4 is 54.0 Å². The molecule has 8 atom stereocenters. The maximum absolute atomic E-state index is 14.2. The number of aliphatic hydroxyl groups excluding tert-OH is 1. The van der Waals surface area contributed by atoms with Crippen LogP contribution in [0.1, 0.15) is 102 Å². The summed E-state index contributed by atoms with van der Waals surface area (Å²) >= 11 is 5.88. The molecule has 2 heterocycles. The molecule has 2 aromatic heterocycles. The Hall–Kier alpha value is -7.93. The predicted octanol–water partition coefficient (Wildman–Crippen LogP) is 0.573. The first-order valence-corrected chi connectivity index (χ1v) is 26.6.